The Labute approximate surface area is 193 Å². The summed E-state index contributed by atoms with van der Waals surface area (Å²) in [5.41, 5.74) is 5.21. The monoisotopic (exact) mass is 455 g/mol. The van der Waals surface area contributed by atoms with Gasteiger partial charge >= 0.3 is 0 Å². The van der Waals surface area contributed by atoms with Crippen LogP contribution in [0.4, 0.5) is 0 Å². The van der Waals surface area contributed by atoms with Gasteiger partial charge in [0.2, 0.25) is 5.56 Å². The van der Waals surface area contributed by atoms with Crippen molar-refractivity contribution in [3.63, 3.8) is 0 Å². The standard InChI is InChI=1S/C24H30ClN5O2/c1-17-10-19(11-24(31)26-17)13-30-15-23(27-28-30)14-29-8-3-4-21-12-22(25)6-5-20(21)7-9-32-16-18(29)2/h5-6,10-12,15,18H,3-4,7-9,13-14,16H2,1-2H3,(H,26,31)/t18-/m0/s1. The lowest BCUT2D eigenvalue weighted by Crippen LogP contribution is -2.37. The van der Waals surface area contributed by atoms with Crippen molar-refractivity contribution >= 4 is 11.6 Å². The van der Waals surface area contributed by atoms with Gasteiger partial charge in [-0.05, 0) is 74.5 Å². The van der Waals surface area contributed by atoms with Crippen molar-refractivity contribution in [2.75, 3.05) is 19.8 Å². The third-order valence-electron chi connectivity index (χ3n) is 5.89. The van der Waals surface area contributed by atoms with Crippen LogP contribution in [0.15, 0.2) is 41.3 Å². The highest BCUT2D eigenvalue weighted by Gasteiger charge is 2.18. The predicted molar refractivity (Wildman–Crippen MR) is 125 cm³/mol. The van der Waals surface area contributed by atoms with Crippen molar-refractivity contribution < 1.29 is 4.74 Å². The number of aromatic amines is 1. The quantitative estimate of drug-likeness (QED) is 0.652. The molecule has 0 aliphatic carbocycles. The van der Waals surface area contributed by atoms with E-state index in [1.165, 1.54) is 11.1 Å². The summed E-state index contributed by atoms with van der Waals surface area (Å²) in [7, 11) is 0. The molecule has 170 valence electrons. The number of hydrogen-bond acceptors (Lipinski definition) is 5. The second kappa shape index (κ2) is 10.4. The number of H-pyrrole nitrogens is 1. The summed E-state index contributed by atoms with van der Waals surface area (Å²) in [6.07, 6.45) is 4.91. The van der Waals surface area contributed by atoms with Crippen LogP contribution in [0.2, 0.25) is 5.02 Å². The topological polar surface area (TPSA) is 76.0 Å². The van der Waals surface area contributed by atoms with Crippen molar-refractivity contribution in [3.05, 3.63) is 80.0 Å². The van der Waals surface area contributed by atoms with Crippen LogP contribution in [0.3, 0.4) is 0 Å². The molecule has 0 saturated carbocycles. The molecule has 1 aliphatic rings. The Morgan fingerprint density at radius 2 is 2.06 bits per heavy atom. The van der Waals surface area contributed by atoms with Crippen molar-refractivity contribution in [1.29, 1.82) is 0 Å². The number of pyridine rings is 1. The molecule has 0 fully saturated rings. The Bertz CT molecular complexity index is 1110. The third kappa shape index (κ3) is 6.06. The van der Waals surface area contributed by atoms with E-state index in [1.54, 1.807) is 10.7 Å². The largest absolute Gasteiger partial charge is 0.379 e. The molecule has 7 nitrogen and oxygen atoms in total. The van der Waals surface area contributed by atoms with Gasteiger partial charge < -0.3 is 9.72 Å². The minimum absolute atomic E-state index is 0.0967. The van der Waals surface area contributed by atoms with E-state index in [1.807, 2.05) is 25.3 Å². The van der Waals surface area contributed by atoms with E-state index >= 15 is 0 Å². The number of rotatable bonds is 4. The molecule has 0 saturated heterocycles. The summed E-state index contributed by atoms with van der Waals surface area (Å²) in [6.45, 7) is 7.64. The zero-order valence-electron chi connectivity index (χ0n) is 18.7. The van der Waals surface area contributed by atoms with Gasteiger partial charge in [0.25, 0.3) is 0 Å². The van der Waals surface area contributed by atoms with Crippen molar-refractivity contribution in [1.82, 2.24) is 24.9 Å². The van der Waals surface area contributed by atoms with Gasteiger partial charge in [-0.25, -0.2) is 4.68 Å². The second-order valence-electron chi connectivity index (χ2n) is 8.60. The van der Waals surface area contributed by atoms with Gasteiger partial charge in [0.15, 0.2) is 0 Å². The SMILES string of the molecule is Cc1cc(Cn2cc(CN3CCCc4cc(Cl)ccc4CCOC[C@@H]3C)nn2)cc(=O)[nH]1. The number of fused-ring (bicyclic) bond motifs is 1. The van der Waals surface area contributed by atoms with Gasteiger partial charge in [-0.2, -0.15) is 0 Å². The molecule has 4 rings (SSSR count). The molecule has 1 aliphatic heterocycles. The molecule has 3 aromatic rings. The molecule has 1 aromatic carbocycles. The van der Waals surface area contributed by atoms with E-state index in [0.717, 1.165) is 47.8 Å². The molecule has 0 radical (unpaired) electrons. The molecule has 32 heavy (non-hydrogen) atoms. The fourth-order valence-corrected chi connectivity index (χ4v) is 4.46. The minimum atomic E-state index is -0.0967. The predicted octanol–water partition coefficient (Wildman–Crippen LogP) is 3.37. The van der Waals surface area contributed by atoms with E-state index in [-0.39, 0.29) is 11.6 Å². The molecule has 1 N–H and O–H groups in total. The van der Waals surface area contributed by atoms with E-state index in [9.17, 15) is 4.79 Å². The second-order valence-corrected chi connectivity index (χ2v) is 9.04. The maximum Gasteiger partial charge on any atom is 0.248 e. The molecule has 8 heteroatoms. The van der Waals surface area contributed by atoms with Gasteiger partial charge in [0.1, 0.15) is 0 Å². The van der Waals surface area contributed by atoms with Gasteiger partial charge in [-0.15, -0.1) is 5.10 Å². The highest BCUT2D eigenvalue weighted by atomic mass is 35.5. The summed E-state index contributed by atoms with van der Waals surface area (Å²) in [5, 5.41) is 9.44. The Morgan fingerprint density at radius 3 is 2.91 bits per heavy atom. The van der Waals surface area contributed by atoms with E-state index < -0.39 is 0 Å². The molecular weight excluding hydrogens is 426 g/mol. The summed E-state index contributed by atoms with van der Waals surface area (Å²) in [6, 6.07) is 10.0. The first kappa shape index (κ1) is 22.7. The summed E-state index contributed by atoms with van der Waals surface area (Å²) in [4.78, 5) is 16.9. The maximum absolute atomic E-state index is 11.7. The van der Waals surface area contributed by atoms with Crippen molar-refractivity contribution in [2.45, 2.75) is 52.2 Å². The number of nitrogens with zero attached hydrogens (tertiary/aromatic N) is 4. The third-order valence-corrected chi connectivity index (χ3v) is 6.13. The number of halogens is 1. The molecular formula is C24H30ClN5O2. The molecule has 0 amide bonds. The summed E-state index contributed by atoms with van der Waals surface area (Å²) >= 11 is 6.23. The maximum atomic E-state index is 11.7. The number of aromatic nitrogens is 4. The minimum Gasteiger partial charge on any atom is -0.379 e. The first-order valence-corrected chi connectivity index (χ1v) is 11.5. The average molecular weight is 456 g/mol. The van der Waals surface area contributed by atoms with Crippen LogP contribution in [-0.4, -0.2) is 50.7 Å². The highest BCUT2D eigenvalue weighted by Crippen LogP contribution is 2.20. The normalized spacial score (nSPS) is 18.2. The van der Waals surface area contributed by atoms with Crippen LogP contribution >= 0.6 is 11.6 Å². The van der Waals surface area contributed by atoms with Crippen LogP contribution in [0, 0.1) is 6.92 Å². The first-order valence-electron chi connectivity index (χ1n) is 11.1. The number of ether oxygens (including phenoxy) is 1. The number of aryl methyl sites for hydroxylation is 2. The smallest absolute Gasteiger partial charge is 0.248 e. The Hall–Kier alpha value is -2.48. The number of hydrogen-bond donors (Lipinski definition) is 1. The van der Waals surface area contributed by atoms with Crippen molar-refractivity contribution in [3.8, 4) is 0 Å². The molecule has 2 aromatic heterocycles. The lowest BCUT2D eigenvalue weighted by atomic mass is 10.0. The summed E-state index contributed by atoms with van der Waals surface area (Å²) < 4.78 is 7.78. The number of benzene rings is 1. The molecule has 3 heterocycles. The Morgan fingerprint density at radius 1 is 1.19 bits per heavy atom. The lowest BCUT2D eigenvalue weighted by Gasteiger charge is -2.28. The van der Waals surface area contributed by atoms with E-state index in [0.29, 0.717) is 26.3 Å². The van der Waals surface area contributed by atoms with Crippen LogP contribution in [-0.2, 0) is 30.7 Å². The Kier molecular flexibility index (Phi) is 7.40. The van der Waals surface area contributed by atoms with Gasteiger partial charge in [0, 0.05) is 29.4 Å². The van der Waals surface area contributed by atoms with E-state index in [4.69, 9.17) is 16.3 Å². The zero-order valence-corrected chi connectivity index (χ0v) is 19.4. The molecule has 0 unspecified atom stereocenters. The lowest BCUT2D eigenvalue weighted by molar-refractivity contribution is 0.0641. The van der Waals surface area contributed by atoms with Gasteiger partial charge in [0.05, 0.1) is 31.6 Å². The molecule has 1 atom stereocenters. The molecule has 0 bridgehead atoms. The van der Waals surface area contributed by atoms with E-state index in [2.05, 4.69) is 39.3 Å². The fraction of sp³-hybridized carbons (Fsp3) is 0.458. The molecule has 0 spiro atoms. The average Bonchev–Trinajstić information content (AvgIpc) is 3.16. The van der Waals surface area contributed by atoms with Crippen LogP contribution in [0.1, 0.15) is 41.4 Å². The highest BCUT2D eigenvalue weighted by molar-refractivity contribution is 6.30. The van der Waals surface area contributed by atoms with Crippen LogP contribution < -0.4 is 5.56 Å². The number of nitrogens with one attached hydrogen (secondary N) is 1. The zero-order chi connectivity index (χ0) is 22.5. The van der Waals surface area contributed by atoms with Crippen molar-refractivity contribution in [2.24, 2.45) is 0 Å². The Balaban J connectivity index is 1.42. The summed E-state index contributed by atoms with van der Waals surface area (Å²) in [5.74, 6) is 0. The van der Waals surface area contributed by atoms with Gasteiger partial charge in [-0.1, -0.05) is 22.9 Å². The first-order chi connectivity index (χ1) is 15.5. The van der Waals surface area contributed by atoms with Crippen LogP contribution in [0.25, 0.3) is 0 Å². The van der Waals surface area contributed by atoms with Crippen LogP contribution in [0.5, 0.6) is 0 Å². The fourth-order valence-electron chi connectivity index (χ4n) is 4.27. The van der Waals surface area contributed by atoms with Gasteiger partial charge in [-0.3, -0.25) is 9.69 Å².